The van der Waals surface area contributed by atoms with Gasteiger partial charge in [-0.15, -0.1) is 5.10 Å². The number of rotatable bonds is 4. The number of hydrogen-bond acceptors (Lipinski definition) is 6. The molecule has 1 aliphatic rings. The van der Waals surface area contributed by atoms with E-state index in [0.29, 0.717) is 12.2 Å². The van der Waals surface area contributed by atoms with E-state index in [9.17, 15) is 4.79 Å². The summed E-state index contributed by atoms with van der Waals surface area (Å²) in [5.74, 6) is -0.448. The zero-order valence-electron chi connectivity index (χ0n) is 12.1. The quantitative estimate of drug-likeness (QED) is 0.813. The third kappa shape index (κ3) is 2.66. The largest absolute Gasteiger partial charge is 0.464 e. The molecule has 0 bridgehead atoms. The van der Waals surface area contributed by atoms with Gasteiger partial charge in [-0.2, -0.15) is 5.10 Å². The first-order chi connectivity index (χ1) is 10.2. The van der Waals surface area contributed by atoms with Gasteiger partial charge in [0.05, 0.1) is 31.6 Å². The van der Waals surface area contributed by atoms with Crippen molar-refractivity contribution in [3.05, 3.63) is 29.3 Å². The molecule has 112 valence electrons. The molecular weight excluding hydrogens is 272 g/mol. The monoisotopic (exact) mass is 290 g/mol. The molecule has 8 nitrogen and oxygen atoms in total. The lowest BCUT2D eigenvalue weighted by Crippen LogP contribution is -2.21. The predicted octanol–water partition coefficient (Wildman–Crippen LogP) is 0.271. The Morgan fingerprint density at radius 2 is 2.43 bits per heavy atom. The average molecular weight is 290 g/mol. The Kier molecular flexibility index (Phi) is 3.70. The number of aromatic nitrogens is 5. The summed E-state index contributed by atoms with van der Waals surface area (Å²) in [5.41, 5.74) is 2.10. The first-order valence-corrected chi connectivity index (χ1v) is 6.91. The molecule has 0 amide bonds. The molecular formula is C13H18N6O2. The lowest BCUT2D eigenvalue weighted by Gasteiger charge is -2.13. The Labute approximate surface area is 122 Å². The smallest absolute Gasteiger partial charge is 0.360 e. The first kappa shape index (κ1) is 13.7. The average Bonchev–Trinajstić information content (AvgIpc) is 3.19. The van der Waals surface area contributed by atoms with Crippen LogP contribution in [-0.4, -0.2) is 44.4 Å². The highest BCUT2D eigenvalue weighted by atomic mass is 16.5. The van der Waals surface area contributed by atoms with Crippen LogP contribution in [0.25, 0.3) is 0 Å². The number of carbonyl (C=O) groups is 1. The lowest BCUT2D eigenvalue weighted by atomic mass is 10.1. The number of nitrogens with zero attached hydrogens (tertiary/aromatic N) is 5. The van der Waals surface area contributed by atoms with Crippen molar-refractivity contribution >= 4 is 5.97 Å². The summed E-state index contributed by atoms with van der Waals surface area (Å²) in [6.45, 7) is 1.47. The van der Waals surface area contributed by atoms with Crippen molar-refractivity contribution < 1.29 is 9.53 Å². The summed E-state index contributed by atoms with van der Waals surface area (Å²) in [6, 6.07) is 0.0887. The number of carbonyl (C=O) groups excluding carboxylic acids is 1. The Balaban J connectivity index is 1.95. The van der Waals surface area contributed by atoms with Crippen LogP contribution < -0.4 is 5.32 Å². The number of nitrogens with one attached hydrogen (secondary N) is 1. The van der Waals surface area contributed by atoms with Crippen LogP contribution in [0.15, 0.2) is 12.4 Å². The van der Waals surface area contributed by atoms with Crippen LogP contribution in [0.5, 0.6) is 0 Å². The van der Waals surface area contributed by atoms with Gasteiger partial charge >= 0.3 is 5.97 Å². The summed E-state index contributed by atoms with van der Waals surface area (Å²) in [4.78, 5) is 11.9. The zero-order valence-corrected chi connectivity index (χ0v) is 12.1. The fourth-order valence-electron chi connectivity index (χ4n) is 2.67. The summed E-state index contributed by atoms with van der Waals surface area (Å²) in [7, 11) is 3.22. The summed E-state index contributed by atoms with van der Waals surface area (Å²) < 4.78 is 8.30. The molecule has 3 rings (SSSR count). The Morgan fingerprint density at radius 3 is 3.05 bits per heavy atom. The van der Waals surface area contributed by atoms with Gasteiger partial charge in [-0.3, -0.25) is 4.68 Å². The summed E-state index contributed by atoms with van der Waals surface area (Å²) in [6.07, 6.45) is 5.74. The van der Waals surface area contributed by atoms with Gasteiger partial charge in [0.1, 0.15) is 0 Å². The molecule has 1 saturated heterocycles. The van der Waals surface area contributed by atoms with Gasteiger partial charge in [0.25, 0.3) is 0 Å². The molecule has 3 heterocycles. The van der Waals surface area contributed by atoms with E-state index in [-0.39, 0.29) is 6.04 Å². The third-order valence-corrected chi connectivity index (χ3v) is 3.63. The van der Waals surface area contributed by atoms with E-state index in [4.69, 9.17) is 4.74 Å². The molecule has 0 spiro atoms. The first-order valence-electron chi connectivity index (χ1n) is 6.91. The van der Waals surface area contributed by atoms with Crippen molar-refractivity contribution in [2.45, 2.75) is 25.4 Å². The Bertz CT molecular complexity index is 641. The summed E-state index contributed by atoms with van der Waals surface area (Å²) >= 11 is 0. The highest BCUT2D eigenvalue weighted by Gasteiger charge is 2.29. The lowest BCUT2D eigenvalue weighted by molar-refractivity contribution is 0.0591. The standard InChI is InChI=1S/C13H18N6O2/c1-18-7-9(6-15-18)8-19-12(10-4-3-5-14-10)11(16-17-19)13(20)21-2/h6-7,10,14H,3-5,8H2,1-2H3. The van der Waals surface area contributed by atoms with Crippen LogP contribution in [-0.2, 0) is 18.3 Å². The fourth-order valence-corrected chi connectivity index (χ4v) is 2.67. The topological polar surface area (TPSA) is 86.9 Å². The molecule has 0 saturated carbocycles. The van der Waals surface area contributed by atoms with E-state index >= 15 is 0 Å². The van der Waals surface area contributed by atoms with Crippen LogP contribution in [0.3, 0.4) is 0 Å². The van der Waals surface area contributed by atoms with Gasteiger partial charge in [-0.25, -0.2) is 9.48 Å². The number of hydrogen-bond donors (Lipinski definition) is 1. The van der Waals surface area contributed by atoms with Crippen molar-refractivity contribution in [1.82, 2.24) is 30.1 Å². The van der Waals surface area contributed by atoms with E-state index in [2.05, 4.69) is 20.7 Å². The number of esters is 1. The maximum atomic E-state index is 11.9. The Morgan fingerprint density at radius 1 is 1.57 bits per heavy atom. The molecule has 1 unspecified atom stereocenters. The Hall–Kier alpha value is -2.22. The van der Waals surface area contributed by atoms with Gasteiger partial charge < -0.3 is 10.1 Å². The molecule has 1 N–H and O–H groups in total. The second-order valence-corrected chi connectivity index (χ2v) is 5.14. The van der Waals surface area contributed by atoms with Crippen molar-refractivity contribution in [3.63, 3.8) is 0 Å². The van der Waals surface area contributed by atoms with Crippen molar-refractivity contribution in [2.24, 2.45) is 7.05 Å². The van der Waals surface area contributed by atoms with Crippen LogP contribution >= 0.6 is 0 Å². The van der Waals surface area contributed by atoms with Crippen molar-refractivity contribution in [3.8, 4) is 0 Å². The molecule has 8 heteroatoms. The second kappa shape index (κ2) is 5.65. The number of aryl methyl sites for hydroxylation is 1. The summed E-state index contributed by atoms with van der Waals surface area (Å²) in [5, 5.41) is 15.7. The molecule has 0 aliphatic carbocycles. The number of methoxy groups -OCH3 is 1. The molecule has 0 aromatic carbocycles. The number of ether oxygens (including phenoxy) is 1. The van der Waals surface area contributed by atoms with Crippen LogP contribution in [0, 0.1) is 0 Å². The molecule has 1 aliphatic heterocycles. The van der Waals surface area contributed by atoms with Gasteiger partial charge in [-0.05, 0) is 19.4 Å². The molecule has 1 fully saturated rings. The predicted molar refractivity (Wildman–Crippen MR) is 73.6 cm³/mol. The van der Waals surface area contributed by atoms with Gasteiger partial charge in [0.2, 0.25) is 0 Å². The van der Waals surface area contributed by atoms with Gasteiger partial charge in [0, 0.05) is 18.8 Å². The normalized spacial score (nSPS) is 18.1. The van der Waals surface area contributed by atoms with Crippen LogP contribution in [0.2, 0.25) is 0 Å². The van der Waals surface area contributed by atoms with Gasteiger partial charge in [-0.1, -0.05) is 5.21 Å². The maximum Gasteiger partial charge on any atom is 0.360 e. The molecule has 21 heavy (non-hydrogen) atoms. The van der Waals surface area contributed by atoms with E-state index in [1.807, 2.05) is 13.2 Å². The van der Waals surface area contributed by atoms with Crippen molar-refractivity contribution in [1.29, 1.82) is 0 Å². The third-order valence-electron chi connectivity index (χ3n) is 3.63. The SMILES string of the molecule is COC(=O)c1nnn(Cc2cnn(C)c2)c1C1CCCN1. The minimum atomic E-state index is -0.448. The maximum absolute atomic E-state index is 11.9. The molecule has 2 aromatic heterocycles. The van der Waals surface area contributed by atoms with E-state index < -0.39 is 5.97 Å². The minimum absolute atomic E-state index is 0.0887. The fraction of sp³-hybridized carbons (Fsp3) is 0.538. The van der Waals surface area contributed by atoms with E-state index in [1.54, 1.807) is 15.6 Å². The minimum Gasteiger partial charge on any atom is -0.464 e. The highest BCUT2D eigenvalue weighted by molar-refractivity contribution is 5.88. The van der Waals surface area contributed by atoms with Crippen molar-refractivity contribution in [2.75, 3.05) is 13.7 Å². The van der Waals surface area contributed by atoms with Gasteiger partial charge in [0.15, 0.2) is 5.69 Å². The van der Waals surface area contributed by atoms with Crippen LogP contribution in [0.1, 0.15) is 40.6 Å². The zero-order chi connectivity index (χ0) is 14.8. The van der Waals surface area contributed by atoms with E-state index in [1.165, 1.54) is 7.11 Å². The molecule has 2 aromatic rings. The molecule has 1 atom stereocenters. The second-order valence-electron chi connectivity index (χ2n) is 5.14. The molecule has 0 radical (unpaired) electrons. The highest BCUT2D eigenvalue weighted by Crippen LogP contribution is 2.26. The van der Waals surface area contributed by atoms with E-state index in [0.717, 1.165) is 30.6 Å². The van der Waals surface area contributed by atoms with Crippen LogP contribution in [0.4, 0.5) is 0 Å².